The molecule has 15 heavy (non-hydrogen) atoms. The Morgan fingerprint density at radius 3 is 2.07 bits per heavy atom. The highest BCUT2D eigenvalue weighted by Crippen LogP contribution is 2.35. The maximum Gasteiger partial charge on any atom is 0.421 e. The summed E-state index contributed by atoms with van der Waals surface area (Å²) in [6, 6.07) is 8.95. The molecule has 0 atom stereocenters. The summed E-state index contributed by atoms with van der Waals surface area (Å²) in [4.78, 5) is 22.1. The molecule has 1 aliphatic rings. The fourth-order valence-corrected chi connectivity index (χ4v) is 1.56. The quantitative estimate of drug-likeness (QED) is 0.541. The molecule has 0 N–H and O–H groups in total. The van der Waals surface area contributed by atoms with Crippen LogP contribution in [0, 0.1) is 0 Å². The number of carbonyl (C=O) groups excluding carboxylic acids is 2. The van der Waals surface area contributed by atoms with Crippen LogP contribution >= 0.6 is 0 Å². The molecule has 78 valence electrons. The summed E-state index contributed by atoms with van der Waals surface area (Å²) in [5.74, 6) is -3.09. The lowest BCUT2D eigenvalue weighted by Crippen LogP contribution is -2.26. The van der Waals surface area contributed by atoms with Crippen LogP contribution in [0.5, 0.6) is 0 Å². The van der Waals surface area contributed by atoms with Crippen LogP contribution in [-0.2, 0) is 24.8 Å². The smallest absolute Gasteiger partial charge is 0.409 e. The van der Waals surface area contributed by atoms with Crippen LogP contribution in [0.1, 0.15) is 18.9 Å². The van der Waals surface area contributed by atoms with Crippen molar-refractivity contribution < 1.29 is 19.1 Å². The summed E-state index contributed by atoms with van der Waals surface area (Å²) in [6.45, 7) is 1.79. The number of rotatable bonds is 2. The van der Waals surface area contributed by atoms with Crippen molar-refractivity contribution in [3.8, 4) is 0 Å². The summed E-state index contributed by atoms with van der Waals surface area (Å²) >= 11 is 0. The van der Waals surface area contributed by atoms with Crippen LogP contribution in [0.2, 0.25) is 0 Å². The second-order valence-corrected chi connectivity index (χ2v) is 3.25. The van der Waals surface area contributed by atoms with Crippen LogP contribution in [0.4, 0.5) is 0 Å². The van der Waals surface area contributed by atoms with Crippen LogP contribution in [-0.4, -0.2) is 11.9 Å². The van der Waals surface area contributed by atoms with Crippen molar-refractivity contribution in [2.24, 2.45) is 0 Å². The molecule has 2 rings (SSSR count). The summed E-state index contributed by atoms with van der Waals surface area (Å²) in [6.07, 6.45) is 0.397. The third-order valence-corrected chi connectivity index (χ3v) is 2.36. The first kappa shape index (κ1) is 9.71. The molecule has 0 spiro atoms. The SMILES string of the molecule is CCC1(c2ccccc2)OC(=O)C(=O)O1. The Kier molecular flexibility index (Phi) is 2.19. The maximum atomic E-state index is 11.0. The minimum absolute atomic E-state index is 0.397. The highest BCUT2D eigenvalue weighted by Gasteiger charge is 2.48. The first-order chi connectivity index (χ1) is 7.18. The van der Waals surface area contributed by atoms with Crippen LogP contribution in [0.3, 0.4) is 0 Å². The van der Waals surface area contributed by atoms with Crippen molar-refractivity contribution in [2.45, 2.75) is 19.1 Å². The van der Waals surface area contributed by atoms with Gasteiger partial charge in [-0.2, -0.15) is 0 Å². The number of ether oxygens (including phenoxy) is 2. The van der Waals surface area contributed by atoms with Crippen molar-refractivity contribution in [1.29, 1.82) is 0 Å². The van der Waals surface area contributed by atoms with E-state index in [1.807, 2.05) is 6.07 Å². The van der Waals surface area contributed by atoms with Crippen LogP contribution < -0.4 is 0 Å². The van der Waals surface area contributed by atoms with Gasteiger partial charge in [-0.05, 0) is 0 Å². The van der Waals surface area contributed by atoms with Gasteiger partial charge in [0.05, 0.1) is 0 Å². The lowest BCUT2D eigenvalue weighted by Gasteiger charge is -2.23. The van der Waals surface area contributed by atoms with Gasteiger partial charge < -0.3 is 9.47 Å². The molecule has 0 saturated carbocycles. The molecule has 1 fully saturated rings. The highest BCUT2D eigenvalue weighted by molar-refractivity contribution is 6.31. The predicted octanol–water partition coefficient (Wildman–Crippen LogP) is 1.35. The van der Waals surface area contributed by atoms with Gasteiger partial charge in [0.1, 0.15) is 0 Å². The van der Waals surface area contributed by atoms with E-state index >= 15 is 0 Å². The molecular weight excluding hydrogens is 196 g/mol. The second kappa shape index (κ2) is 3.38. The summed E-state index contributed by atoms with van der Waals surface area (Å²) in [7, 11) is 0. The summed E-state index contributed by atoms with van der Waals surface area (Å²) < 4.78 is 9.97. The maximum absolute atomic E-state index is 11.0. The van der Waals surface area contributed by atoms with E-state index in [2.05, 4.69) is 0 Å². The number of cyclic esters (lactones) is 2. The lowest BCUT2D eigenvalue weighted by molar-refractivity contribution is -0.184. The second-order valence-electron chi connectivity index (χ2n) is 3.25. The van der Waals surface area contributed by atoms with E-state index in [1.54, 1.807) is 31.2 Å². The first-order valence-electron chi connectivity index (χ1n) is 4.70. The molecule has 0 unspecified atom stereocenters. The first-order valence-corrected chi connectivity index (χ1v) is 4.70. The van der Waals surface area contributed by atoms with Gasteiger partial charge in [0.25, 0.3) is 5.79 Å². The monoisotopic (exact) mass is 206 g/mol. The third kappa shape index (κ3) is 1.48. The zero-order valence-corrected chi connectivity index (χ0v) is 8.23. The number of hydrogen-bond donors (Lipinski definition) is 0. The van der Waals surface area contributed by atoms with Gasteiger partial charge in [0, 0.05) is 12.0 Å². The molecule has 1 heterocycles. The molecule has 4 nitrogen and oxygen atoms in total. The van der Waals surface area contributed by atoms with Crippen molar-refractivity contribution in [3.63, 3.8) is 0 Å². The van der Waals surface area contributed by atoms with Crippen LogP contribution in [0.15, 0.2) is 30.3 Å². The van der Waals surface area contributed by atoms with E-state index in [9.17, 15) is 9.59 Å². The number of hydrogen-bond acceptors (Lipinski definition) is 4. The molecule has 0 aliphatic carbocycles. The molecule has 1 saturated heterocycles. The normalized spacial score (nSPS) is 18.5. The Balaban J connectivity index is 2.40. The van der Waals surface area contributed by atoms with Crippen molar-refractivity contribution in [3.05, 3.63) is 35.9 Å². The summed E-state index contributed by atoms with van der Waals surface area (Å²) in [5, 5.41) is 0. The van der Waals surface area contributed by atoms with E-state index in [0.717, 1.165) is 0 Å². The largest absolute Gasteiger partial charge is 0.421 e. The lowest BCUT2D eigenvalue weighted by atomic mass is 10.0. The molecule has 0 bridgehead atoms. The van der Waals surface area contributed by atoms with E-state index in [0.29, 0.717) is 12.0 Å². The van der Waals surface area contributed by atoms with Gasteiger partial charge in [-0.15, -0.1) is 0 Å². The fraction of sp³-hybridized carbons (Fsp3) is 0.273. The predicted molar refractivity (Wildman–Crippen MR) is 50.6 cm³/mol. The van der Waals surface area contributed by atoms with Gasteiger partial charge in [0.15, 0.2) is 0 Å². The summed E-state index contributed by atoms with van der Waals surface area (Å²) in [5.41, 5.74) is 0.673. The molecule has 0 aromatic heterocycles. The molecule has 1 aromatic rings. The van der Waals surface area contributed by atoms with E-state index in [4.69, 9.17) is 9.47 Å². The molecular formula is C11H10O4. The topological polar surface area (TPSA) is 52.6 Å². The average molecular weight is 206 g/mol. The van der Waals surface area contributed by atoms with Crippen LogP contribution in [0.25, 0.3) is 0 Å². The van der Waals surface area contributed by atoms with E-state index in [-0.39, 0.29) is 0 Å². The number of benzene rings is 1. The molecule has 1 aromatic carbocycles. The standard InChI is InChI=1S/C11H10O4/c1-2-11(8-6-4-3-5-7-8)14-9(12)10(13)15-11/h3-7H,2H2,1H3. The molecule has 0 amide bonds. The molecule has 0 radical (unpaired) electrons. The Labute approximate surface area is 86.8 Å². The van der Waals surface area contributed by atoms with Gasteiger partial charge >= 0.3 is 11.9 Å². The van der Waals surface area contributed by atoms with Gasteiger partial charge in [-0.1, -0.05) is 37.3 Å². The average Bonchev–Trinajstić information content (AvgIpc) is 2.57. The van der Waals surface area contributed by atoms with E-state index in [1.165, 1.54) is 0 Å². The van der Waals surface area contributed by atoms with Crippen molar-refractivity contribution >= 4 is 11.9 Å². The zero-order chi connectivity index (χ0) is 10.9. The number of carbonyl (C=O) groups is 2. The zero-order valence-electron chi connectivity index (χ0n) is 8.23. The molecule has 4 heteroatoms. The Morgan fingerprint density at radius 1 is 1.07 bits per heavy atom. The molecule has 1 aliphatic heterocycles. The third-order valence-electron chi connectivity index (χ3n) is 2.36. The van der Waals surface area contributed by atoms with Gasteiger partial charge in [0.2, 0.25) is 0 Å². The minimum atomic E-state index is -1.23. The van der Waals surface area contributed by atoms with E-state index < -0.39 is 17.7 Å². The van der Waals surface area contributed by atoms with Crippen molar-refractivity contribution in [2.75, 3.05) is 0 Å². The Bertz CT molecular complexity index is 380. The number of esters is 2. The minimum Gasteiger partial charge on any atom is -0.409 e. The highest BCUT2D eigenvalue weighted by atomic mass is 16.8. The van der Waals surface area contributed by atoms with Crippen molar-refractivity contribution in [1.82, 2.24) is 0 Å². The Hall–Kier alpha value is -1.84. The van der Waals surface area contributed by atoms with Gasteiger partial charge in [-0.25, -0.2) is 9.59 Å². The fourth-order valence-electron chi connectivity index (χ4n) is 1.56. The van der Waals surface area contributed by atoms with Gasteiger partial charge in [-0.3, -0.25) is 0 Å². The Morgan fingerprint density at radius 2 is 1.60 bits per heavy atom.